The Kier molecular flexibility index (Phi) is 6.72. The zero-order valence-corrected chi connectivity index (χ0v) is 19.3. The fraction of sp³-hybridized carbons (Fsp3) is 0.444. The molecule has 0 saturated carbocycles. The molecule has 3 rings (SSSR count). The van der Waals surface area contributed by atoms with Gasteiger partial charge in [0.1, 0.15) is 0 Å². The van der Waals surface area contributed by atoms with Crippen LogP contribution in [-0.4, -0.2) is 69.5 Å². The van der Waals surface area contributed by atoms with Crippen molar-refractivity contribution in [3.63, 3.8) is 0 Å². The second kappa shape index (κ2) is 8.90. The minimum absolute atomic E-state index is 0.140. The summed E-state index contributed by atoms with van der Waals surface area (Å²) in [5.41, 5.74) is 2.19. The normalized spacial score (nSPS) is 14.9. The van der Waals surface area contributed by atoms with E-state index in [9.17, 15) is 13.2 Å². The van der Waals surface area contributed by atoms with Crippen LogP contribution < -0.4 is 15.1 Å². The van der Waals surface area contributed by atoms with E-state index >= 15 is 0 Å². The Morgan fingerprint density at radius 2 is 1.76 bits per heavy atom. The number of amides is 2. The van der Waals surface area contributed by atoms with Crippen LogP contribution in [-0.2, 0) is 10.0 Å². The van der Waals surface area contributed by atoms with Crippen molar-refractivity contribution < 1.29 is 13.2 Å². The number of rotatable bonds is 5. The standard InChI is InChI=1S/C18H25N5O3S3/c1-13-16(29(25,26)21(2)3)28-18(19-13)22(4)17(24)20-14-5-7-15(8-6-14)23-9-11-27-12-10-23/h5-8H,9-12H2,1-4H3,(H,20,24). The Hall–Kier alpha value is -1.82. The van der Waals surface area contributed by atoms with E-state index < -0.39 is 10.0 Å². The van der Waals surface area contributed by atoms with E-state index in [0.717, 1.165) is 45.9 Å². The zero-order valence-electron chi connectivity index (χ0n) is 16.9. The molecule has 2 heterocycles. The summed E-state index contributed by atoms with van der Waals surface area (Å²) in [4.78, 5) is 20.5. The van der Waals surface area contributed by atoms with Crippen molar-refractivity contribution in [2.45, 2.75) is 11.1 Å². The highest BCUT2D eigenvalue weighted by Crippen LogP contribution is 2.31. The van der Waals surface area contributed by atoms with E-state index in [0.29, 0.717) is 16.5 Å². The van der Waals surface area contributed by atoms with Crippen molar-refractivity contribution in [1.82, 2.24) is 9.29 Å². The Labute approximate surface area is 180 Å². The van der Waals surface area contributed by atoms with Crippen LogP contribution in [0.4, 0.5) is 21.3 Å². The topological polar surface area (TPSA) is 85.9 Å². The number of carbonyl (C=O) groups excluding carboxylic acids is 1. The first-order chi connectivity index (χ1) is 13.7. The van der Waals surface area contributed by atoms with Crippen LogP contribution in [0.25, 0.3) is 0 Å². The van der Waals surface area contributed by atoms with Gasteiger partial charge in [0.15, 0.2) is 9.34 Å². The Balaban J connectivity index is 1.69. The minimum atomic E-state index is -3.60. The lowest BCUT2D eigenvalue weighted by Crippen LogP contribution is -2.32. The number of urea groups is 1. The number of nitrogens with one attached hydrogen (secondary N) is 1. The number of hydrogen-bond acceptors (Lipinski definition) is 7. The monoisotopic (exact) mass is 455 g/mol. The van der Waals surface area contributed by atoms with Crippen LogP contribution in [0.1, 0.15) is 5.69 Å². The zero-order chi connectivity index (χ0) is 21.2. The molecule has 1 aromatic heterocycles. The fourth-order valence-corrected chi connectivity index (χ4v) is 6.30. The van der Waals surface area contributed by atoms with Gasteiger partial charge in [-0.25, -0.2) is 22.5 Å². The molecular formula is C18H25N5O3S3. The maximum absolute atomic E-state index is 12.6. The summed E-state index contributed by atoms with van der Waals surface area (Å²) in [5, 5.41) is 3.15. The van der Waals surface area contributed by atoms with Crippen LogP contribution in [0.3, 0.4) is 0 Å². The quantitative estimate of drug-likeness (QED) is 0.746. The molecule has 1 fully saturated rings. The lowest BCUT2D eigenvalue weighted by molar-refractivity contribution is 0.258. The molecule has 11 heteroatoms. The van der Waals surface area contributed by atoms with Gasteiger partial charge in [-0.15, -0.1) is 0 Å². The molecule has 0 bridgehead atoms. The molecule has 29 heavy (non-hydrogen) atoms. The summed E-state index contributed by atoms with van der Waals surface area (Å²) in [6.45, 7) is 3.68. The average Bonchev–Trinajstić information content (AvgIpc) is 3.11. The summed E-state index contributed by atoms with van der Waals surface area (Å²) in [5.74, 6) is 2.25. The second-order valence-corrected chi connectivity index (χ2v) is 11.3. The van der Waals surface area contributed by atoms with E-state index in [4.69, 9.17) is 0 Å². The third-order valence-electron chi connectivity index (χ3n) is 4.54. The van der Waals surface area contributed by atoms with Gasteiger partial charge < -0.3 is 10.2 Å². The van der Waals surface area contributed by atoms with Gasteiger partial charge in [-0.3, -0.25) is 4.90 Å². The largest absolute Gasteiger partial charge is 0.370 e. The smallest absolute Gasteiger partial charge is 0.327 e. The van der Waals surface area contributed by atoms with E-state index in [1.165, 1.54) is 19.0 Å². The van der Waals surface area contributed by atoms with Gasteiger partial charge >= 0.3 is 6.03 Å². The van der Waals surface area contributed by atoms with Gasteiger partial charge in [0.2, 0.25) is 0 Å². The SMILES string of the molecule is Cc1nc(N(C)C(=O)Nc2ccc(N3CCSCC3)cc2)sc1S(=O)(=O)N(C)C. The van der Waals surface area contributed by atoms with Crippen LogP contribution in [0.5, 0.6) is 0 Å². The first-order valence-electron chi connectivity index (χ1n) is 9.07. The molecule has 1 aromatic carbocycles. The summed E-state index contributed by atoms with van der Waals surface area (Å²) in [6.07, 6.45) is 0. The van der Waals surface area contributed by atoms with E-state index in [2.05, 4.69) is 15.2 Å². The Bertz CT molecular complexity index is 967. The summed E-state index contributed by atoms with van der Waals surface area (Å²) < 4.78 is 26.0. The van der Waals surface area contributed by atoms with Gasteiger partial charge in [0, 0.05) is 57.1 Å². The second-order valence-electron chi connectivity index (χ2n) is 6.79. The number of hydrogen-bond donors (Lipinski definition) is 1. The lowest BCUT2D eigenvalue weighted by atomic mass is 10.2. The molecule has 0 atom stereocenters. The first-order valence-corrected chi connectivity index (χ1v) is 12.5. The number of benzene rings is 1. The third kappa shape index (κ3) is 4.85. The van der Waals surface area contributed by atoms with Gasteiger partial charge in [-0.1, -0.05) is 11.3 Å². The molecule has 0 aliphatic carbocycles. The number of carbonyl (C=O) groups is 1. The highest BCUT2D eigenvalue weighted by Gasteiger charge is 2.26. The van der Waals surface area contributed by atoms with Gasteiger partial charge in [-0.05, 0) is 31.2 Å². The summed E-state index contributed by atoms with van der Waals surface area (Å²) in [7, 11) is 0.912. The highest BCUT2D eigenvalue weighted by atomic mass is 32.2. The summed E-state index contributed by atoms with van der Waals surface area (Å²) >= 11 is 2.94. The Morgan fingerprint density at radius 3 is 2.34 bits per heavy atom. The van der Waals surface area contributed by atoms with Crippen LogP contribution >= 0.6 is 23.1 Å². The lowest BCUT2D eigenvalue weighted by Gasteiger charge is -2.28. The minimum Gasteiger partial charge on any atom is -0.370 e. The molecule has 1 N–H and O–H groups in total. The maximum atomic E-state index is 12.6. The van der Waals surface area contributed by atoms with E-state index in [1.807, 2.05) is 36.0 Å². The molecule has 0 spiro atoms. The van der Waals surface area contributed by atoms with Crippen LogP contribution in [0, 0.1) is 6.92 Å². The van der Waals surface area contributed by atoms with Crippen molar-refractivity contribution in [3.05, 3.63) is 30.0 Å². The number of thiazole rings is 1. The molecule has 158 valence electrons. The van der Waals surface area contributed by atoms with Crippen molar-refractivity contribution in [2.75, 3.05) is 60.9 Å². The predicted molar refractivity (Wildman–Crippen MR) is 121 cm³/mol. The van der Waals surface area contributed by atoms with E-state index in [1.54, 1.807) is 14.0 Å². The number of aromatic nitrogens is 1. The first kappa shape index (κ1) is 21.9. The molecule has 2 amide bonds. The van der Waals surface area contributed by atoms with Crippen LogP contribution in [0.2, 0.25) is 0 Å². The maximum Gasteiger partial charge on any atom is 0.327 e. The Morgan fingerprint density at radius 1 is 1.14 bits per heavy atom. The molecule has 1 aliphatic heterocycles. The molecule has 0 unspecified atom stereocenters. The highest BCUT2D eigenvalue weighted by molar-refractivity contribution is 7.99. The molecule has 8 nitrogen and oxygen atoms in total. The van der Waals surface area contributed by atoms with Gasteiger partial charge in [0.25, 0.3) is 10.0 Å². The molecule has 0 radical (unpaired) electrons. The number of nitrogens with zero attached hydrogens (tertiary/aromatic N) is 4. The molecule has 2 aromatic rings. The molecular weight excluding hydrogens is 430 g/mol. The predicted octanol–water partition coefficient (Wildman–Crippen LogP) is 2.92. The average molecular weight is 456 g/mol. The van der Waals surface area contributed by atoms with Crippen molar-refractivity contribution in [1.29, 1.82) is 0 Å². The number of sulfonamides is 1. The number of anilines is 3. The van der Waals surface area contributed by atoms with E-state index in [-0.39, 0.29) is 10.2 Å². The van der Waals surface area contributed by atoms with Crippen molar-refractivity contribution in [3.8, 4) is 0 Å². The van der Waals surface area contributed by atoms with Gasteiger partial charge in [-0.2, -0.15) is 11.8 Å². The van der Waals surface area contributed by atoms with Crippen molar-refractivity contribution in [2.24, 2.45) is 0 Å². The van der Waals surface area contributed by atoms with Crippen molar-refractivity contribution >= 4 is 55.7 Å². The van der Waals surface area contributed by atoms with Gasteiger partial charge in [0.05, 0.1) is 5.69 Å². The summed E-state index contributed by atoms with van der Waals surface area (Å²) in [6, 6.07) is 7.37. The molecule has 1 saturated heterocycles. The van der Waals surface area contributed by atoms with Crippen LogP contribution in [0.15, 0.2) is 28.5 Å². The third-order valence-corrected chi connectivity index (χ3v) is 9.12. The number of aryl methyl sites for hydroxylation is 1. The molecule has 1 aliphatic rings. The fourth-order valence-electron chi connectivity index (χ4n) is 2.79. The number of thioether (sulfide) groups is 1.